The maximum atomic E-state index is 14.0. The second kappa shape index (κ2) is 9.32. The van der Waals surface area contributed by atoms with Crippen LogP contribution in [0.15, 0.2) is 59.7 Å². The number of aliphatic hydroxyl groups is 1. The molecule has 3 aromatic rings. The molecule has 3 heterocycles. The number of aromatic nitrogens is 3. The summed E-state index contributed by atoms with van der Waals surface area (Å²) in [5.74, 6) is -0.175. The molecule has 0 radical (unpaired) electrons. The summed E-state index contributed by atoms with van der Waals surface area (Å²) in [6, 6.07) is 9.35. The van der Waals surface area contributed by atoms with E-state index in [0.29, 0.717) is 29.8 Å². The van der Waals surface area contributed by atoms with Gasteiger partial charge < -0.3 is 19.7 Å². The van der Waals surface area contributed by atoms with E-state index < -0.39 is 24.1 Å². The molecule has 1 saturated heterocycles. The number of rotatable bonds is 6. The highest BCUT2D eigenvalue weighted by Gasteiger charge is 2.26. The molecule has 0 amide bonds. The largest absolute Gasteiger partial charge is 0.394 e. The number of anilines is 1. The van der Waals surface area contributed by atoms with Crippen LogP contribution in [0, 0.1) is 5.82 Å². The number of nitrogens with zero attached hydrogens (tertiary/aromatic N) is 3. The van der Waals surface area contributed by atoms with Crippen molar-refractivity contribution in [2.24, 2.45) is 0 Å². The molecule has 2 N–H and O–H groups in total. The highest BCUT2D eigenvalue weighted by Crippen LogP contribution is 2.21. The fraction of sp³-hybridized carbons (Fsp3) is 0.318. The van der Waals surface area contributed by atoms with Gasteiger partial charge in [0, 0.05) is 30.6 Å². The predicted molar refractivity (Wildman–Crippen MR) is 111 cm³/mol. The van der Waals surface area contributed by atoms with Crippen LogP contribution in [0.4, 0.5) is 14.7 Å². The van der Waals surface area contributed by atoms with Crippen molar-refractivity contribution in [1.29, 1.82) is 0 Å². The molecule has 31 heavy (non-hydrogen) atoms. The summed E-state index contributed by atoms with van der Waals surface area (Å²) < 4.78 is 34.0. The topological polar surface area (TPSA) is 89.3 Å². The molecule has 9 heteroatoms. The zero-order valence-corrected chi connectivity index (χ0v) is 16.6. The van der Waals surface area contributed by atoms with Crippen LogP contribution in [0.1, 0.15) is 18.0 Å². The second-order valence-corrected chi connectivity index (χ2v) is 7.31. The normalized spacial score (nSPS) is 19.7. The number of hydrogen-bond acceptors (Lipinski definition) is 6. The molecule has 0 saturated carbocycles. The van der Waals surface area contributed by atoms with Crippen LogP contribution >= 0.6 is 0 Å². The average Bonchev–Trinajstić information content (AvgIpc) is 2.77. The number of nitrogens with one attached hydrogen (secondary N) is 1. The molecule has 0 bridgehead atoms. The molecule has 0 aliphatic carbocycles. The van der Waals surface area contributed by atoms with E-state index in [1.807, 2.05) is 0 Å². The van der Waals surface area contributed by atoms with E-state index in [-0.39, 0.29) is 24.7 Å². The minimum atomic E-state index is -1.15. The summed E-state index contributed by atoms with van der Waals surface area (Å²) in [4.78, 5) is 21.3. The van der Waals surface area contributed by atoms with Crippen molar-refractivity contribution in [2.45, 2.75) is 24.7 Å². The molecule has 3 atom stereocenters. The average molecular weight is 428 g/mol. The number of hydrogen-bond donors (Lipinski definition) is 2. The van der Waals surface area contributed by atoms with Crippen molar-refractivity contribution in [1.82, 2.24) is 14.5 Å². The van der Waals surface area contributed by atoms with E-state index in [9.17, 15) is 18.7 Å². The molecule has 1 aliphatic rings. The lowest BCUT2D eigenvalue weighted by atomic mass is 10.1. The zero-order chi connectivity index (χ0) is 21.8. The number of aliphatic hydroxyl groups excluding tert-OH is 1. The fourth-order valence-corrected chi connectivity index (χ4v) is 3.60. The van der Waals surface area contributed by atoms with E-state index in [0.717, 1.165) is 0 Å². The van der Waals surface area contributed by atoms with Crippen LogP contribution in [0.3, 0.4) is 0 Å². The van der Waals surface area contributed by atoms with Gasteiger partial charge in [0.05, 0.1) is 31.0 Å². The minimum absolute atomic E-state index is 0.0346. The SMILES string of the molecule is O=c1cc(-c2ccnc(NC3CCOCC3F)n2)ccn1C(CO)c1cccc(F)c1. The van der Waals surface area contributed by atoms with Crippen molar-refractivity contribution in [3.8, 4) is 11.3 Å². The van der Waals surface area contributed by atoms with Gasteiger partial charge in [-0.05, 0) is 36.2 Å². The number of benzene rings is 1. The summed E-state index contributed by atoms with van der Waals surface area (Å²) in [5.41, 5.74) is 1.16. The lowest BCUT2D eigenvalue weighted by Crippen LogP contribution is -2.39. The van der Waals surface area contributed by atoms with Gasteiger partial charge in [0.2, 0.25) is 5.95 Å². The van der Waals surface area contributed by atoms with Crippen LogP contribution in [-0.2, 0) is 4.74 Å². The monoisotopic (exact) mass is 428 g/mol. The first-order valence-corrected chi connectivity index (χ1v) is 9.95. The van der Waals surface area contributed by atoms with E-state index in [1.54, 1.807) is 18.2 Å². The van der Waals surface area contributed by atoms with E-state index in [4.69, 9.17) is 4.74 Å². The standard InChI is InChI=1S/C22H22F2N4O3/c23-16-3-1-2-15(10-16)20(12-29)28-8-5-14(11-21(28)30)18-4-7-25-22(26-18)27-19-6-9-31-13-17(19)24/h1-5,7-8,10-11,17,19-20,29H,6,9,12-13H2,(H,25,26,27). The predicted octanol–water partition coefficient (Wildman–Crippen LogP) is 2.57. The van der Waals surface area contributed by atoms with Gasteiger partial charge in [0.25, 0.3) is 5.56 Å². The number of halogens is 2. The van der Waals surface area contributed by atoms with Gasteiger partial charge in [-0.25, -0.2) is 18.7 Å². The van der Waals surface area contributed by atoms with Gasteiger partial charge in [-0.3, -0.25) is 4.79 Å². The summed E-state index contributed by atoms with van der Waals surface area (Å²) in [6.45, 7) is 0.139. The Kier molecular flexibility index (Phi) is 6.34. The van der Waals surface area contributed by atoms with Crippen LogP contribution in [0.25, 0.3) is 11.3 Å². The van der Waals surface area contributed by atoms with Gasteiger partial charge in [-0.1, -0.05) is 12.1 Å². The summed E-state index contributed by atoms with van der Waals surface area (Å²) >= 11 is 0. The Balaban J connectivity index is 1.58. The van der Waals surface area contributed by atoms with Gasteiger partial charge in [0.1, 0.15) is 12.0 Å². The maximum absolute atomic E-state index is 14.0. The van der Waals surface area contributed by atoms with Gasteiger partial charge in [-0.15, -0.1) is 0 Å². The van der Waals surface area contributed by atoms with Crippen LogP contribution < -0.4 is 10.9 Å². The van der Waals surface area contributed by atoms with Crippen LogP contribution in [0.2, 0.25) is 0 Å². The first kappa shape index (κ1) is 21.1. The highest BCUT2D eigenvalue weighted by molar-refractivity contribution is 5.59. The lowest BCUT2D eigenvalue weighted by molar-refractivity contribution is 0.0284. The molecule has 4 rings (SSSR count). The Bertz CT molecular complexity index is 1110. The molecule has 1 aromatic carbocycles. The third kappa shape index (κ3) is 4.78. The van der Waals surface area contributed by atoms with Gasteiger partial charge in [-0.2, -0.15) is 0 Å². The molecular formula is C22H22F2N4O3. The number of pyridine rings is 1. The Morgan fingerprint density at radius 1 is 1.29 bits per heavy atom. The third-order valence-electron chi connectivity index (χ3n) is 5.24. The summed E-state index contributed by atoms with van der Waals surface area (Å²) in [6.07, 6.45) is 2.43. The first-order valence-electron chi connectivity index (χ1n) is 9.95. The van der Waals surface area contributed by atoms with Crippen molar-refractivity contribution in [2.75, 3.05) is 25.1 Å². The molecule has 3 unspecified atom stereocenters. The fourth-order valence-electron chi connectivity index (χ4n) is 3.60. The van der Waals surface area contributed by atoms with E-state index >= 15 is 0 Å². The van der Waals surface area contributed by atoms with Crippen molar-refractivity contribution < 1.29 is 18.6 Å². The van der Waals surface area contributed by atoms with E-state index in [1.165, 1.54) is 41.2 Å². The Labute approximate surface area is 177 Å². The quantitative estimate of drug-likeness (QED) is 0.627. The smallest absolute Gasteiger partial charge is 0.251 e. The van der Waals surface area contributed by atoms with E-state index in [2.05, 4.69) is 15.3 Å². The Morgan fingerprint density at radius 3 is 2.90 bits per heavy atom. The second-order valence-electron chi connectivity index (χ2n) is 7.31. The van der Waals surface area contributed by atoms with Gasteiger partial charge in [0.15, 0.2) is 0 Å². The number of alkyl halides is 1. The maximum Gasteiger partial charge on any atom is 0.251 e. The zero-order valence-electron chi connectivity index (χ0n) is 16.6. The Morgan fingerprint density at radius 2 is 2.16 bits per heavy atom. The molecule has 7 nitrogen and oxygen atoms in total. The summed E-state index contributed by atoms with van der Waals surface area (Å²) in [7, 11) is 0. The van der Waals surface area contributed by atoms with Crippen LogP contribution in [0.5, 0.6) is 0 Å². The van der Waals surface area contributed by atoms with Crippen molar-refractivity contribution in [3.63, 3.8) is 0 Å². The highest BCUT2D eigenvalue weighted by atomic mass is 19.1. The first-order chi connectivity index (χ1) is 15.0. The molecule has 0 spiro atoms. The number of ether oxygens (including phenoxy) is 1. The van der Waals surface area contributed by atoms with Crippen molar-refractivity contribution in [3.05, 3.63) is 76.6 Å². The van der Waals surface area contributed by atoms with Crippen LogP contribution in [-0.4, -0.2) is 51.7 Å². The molecule has 1 aliphatic heterocycles. The van der Waals surface area contributed by atoms with Gasteiger partial charge >= 0.3 is 0 Å². The lowest BCUT2D eigenvalue weighted by Gasteiger charge is -2.26. The molecule has 2 aromatic heterocycles. The molecule has 162 valence electrons. The van der Waals surface area contributed by atoms with Crippen molar-refractivity contribution >= 4 is 5.95 Å². The molecular weight excluding hydrogens is 406 g/mol. The Hall–Kier alpha value is -3.17. The third-order valence-corrected chi connectivity index (χ3v) is 5.24. The summed E-state index contributed by atoms with van der Waals surface area (Å²) in [5, 5.41) is 12.8. The molecule has 1 fully saturated rings. The minimum Gasteiger partial charge on any atom is -0.394 e.